The predicted octanol–water partition coefficient (Wildman–Crippen LogP) is 2.70. The van der Waals surface area contributed by atoms with Crippen LogP contribution >= 0.6 is 11.6 Å². The number of hydrogen-bond donors (Lipinski definition) is 1. The molecule has 88 valence electrons. The van der Waals surface area contributed by atoms with Gasteiger partial charge in [-0.15, -0.1) is 0 Å². The molecule has 16 heavy (non-hydrogen) atoms. The van der Waals surface area contributed by atoms with Gasteiger partial charge >= 0.3 is 0 Å². The SMILES string of the molecule is CCc1ccc(N2CCNC[C@H]2C)c(Cl)c1. The van der Waals surface area contributed by atoms with Crippen LogP contribution in [0.15, 0.2) is 18.2 Å². The van der Waals surface area contributed by atoms with Gasteiger partial charge in [-0.05, 0) is 31.0 Å². The van der Waals surface area contributed by atoms with Crippen molar-refractivity contribution in [3.8, 4) is 0 Å². The maximum absolute atomic E-state index is 6.34. The summed E-state index contributed by atoms with van der Waals surface area (Å²) in [7, 11) is 0. The molecule has 2 rings (SSSR count). The van der Waals surface area contributed by atoms with Gasteiger partial charge < -0.3 is 10.2 Å². The van der Waals surface area contributed by atoms with Crippen LogP contribution in [0.3, 0.4) is 0 Å². The van der Waals surface area contributed by atoms with Crippen molar-refractivity contribution in [3.05, 3.63) is 28.8 Å². The minimum absolute atomic E-state index is 0.513. The number of aryl methyl sites for hydroxylation is 1. The number of piperazine rings is 1. The number of rotatable bonds is 2. The summed E-state index contributed by atoms with van der Waals surface area (Å²) in [5, 5.41) is 4.27. The third-order valence-electron chi connectivity index (χ3n) is 3.23. The Morgan fingerprint density at radius 1 is 1.50 bits per heavy atom. The van der Waals surface area contributed by atoms with Crippen molar-refractivity contribution >= 4 is 17.3 Å². The summed E-state index contributed by atoms with van der Waals surface area (Å²) in [6, 6.07) is 6.93. The highest BCUT2D eigenvalue weighted by atomic mass is 35.5. The molecule has 0 unspecified atom stereocenters. The van der Waals surface area contributed by atoms with Gasteiger partial charge in [0.2, 0.25) is 0 Å². The molecule has 3 heteroatoms. The van der Waals surface area contributed by atoms with Crippen LogP contribution in [-0.4, -0.2) is 25.7 Å². The molecule has 0 spiro atoms. The summed E-state index contributed by atoms with van der Waals surface area (Å²) < 4.78 is 0. The Balaban J connectivity index is 2.25. The zero-order valence-electron chi connectivity index (χ0n) is 9.96. The summed E-state index contributed by atoms with van der Waals surface area (Å²) in [5.74, 6) is 0. The summed E-state index contributed by atoms with van der Waals surface area (Å²) in [5.41, 5.74) is 2.48. The number of halogens is 1. The maximum Gasteiger partial charge on any atom is 0.0642 e. The fourth-order valence-electron chi connectivity index (χ4n) is 2.20. The van der Waals surface area contributed by atoms with Crippen LogP contribution in [0.5, 0.6) is 0 Å². The first-order chi connectivity index (χ1) is 7.72. The van der Waals surface area contributed by atoms with E-state index >= 15 is 0 Å². The average molecular weight is 239 g/mol. The second-order valence-electron chi connectivity index (χ2n) is 4.39. The topological polar surface area (TPSA) is 15.3 Å². The molecule has 1 atom stereocenters. The van der Waals surface area contributed by atoms with Crippen LogP contribution in [0.25, 0.3) is 0 Å². The van der Waals surface area contributed by atoms with Crippen molar-refractivity contribution < 1.29 is 0 Å². The van der Waals surface area contributed by atoms with Crippen molar-refractivity contribution in [2.24, 2.45) is 0 Å². The largest absolute Gasteiger partial charge is 0.365 e. The highest BCUT2D eigenvalue weighted by Crippen LogP contribution is 2.29. The molecule has 1 N–H and O–H groups in total. The number of nitrogens with one attached hydrogen (secondary N) is 1. The molecule has 0 aromatic heterocycles. The molecule has 1 aliphatic heterocycles. The molecular formula is C13H19ClN2. The van der Waals surface area contributed by atoms with Gasteiger partial charge in [-0.25, -0.2) is 0 Å². The number of benzene rings is 1. The highest BCUT2D eigenvalue weighted by molar-refractivity contribution is 6.33. The molecule has 1 aromatic carbocycles. The normalized spacial score (nSPS) is 21.2. The van der Waals surface area contributed by atoms with Gasteiger partial charge in [0.15, 0.2) is 0 Å². The first-order valence-electron chi connectivity index (χ1n) is 5.98. The molecule has 1 heterocycles. The molecule has 0 amide bonds. The Bertz CT molecular complexity index is 365. The van der Waals surface area contributed by atoms with Crippen molar-refractivity contribution in [2.75, 3.05) is 24.5 Å². The molecule has 0 saturated carbocycles. The van der Waals surface area contributed by atoms with E-state index in [0.29, 0.717) is 6.04 Å². The van der Waals surface area contributed by atoms with E-state index in [1.807, 2.05) is 0 Å². The fourth-order valence-corrected chi connectivity index (χ4v) is 2.51. The van der Waals surface area contributed by atoms with Crippen molar-refractivity contribution in [1.82, 2.24) is 5.32 Å². The molecule has 1 fully saturated rings. The van der Waals surface area contributed by atoms with Gasteiger partial charge in [0.25, 0.3) is 0 Å². The van der Waals surface area contributed by atoms with Gasteiger partial charge in [0, 0.05) is 25.7 Å². The van der Waals surface area contributed by atoms with Crippen LogP contribution in [0, 0.1) is 0 Å². The lowest BCUT2D eigenvalue weighted by atomic mass is 10.1. The van der Waals surface area contributed by atoms with Gasteiger partial charge in [0.1, 0.15) is 0 Å². The first-order valence-corrected chi connectivity index (χ1v) is 6.36. The summed E-state index contributed by atoms with van der Waals surface area (Å²) in [6.45, 7) is 7.49. The Morgan fingerprint density at radius 3 is 2.94 bits per heavy atom. The number of hydrogen-bond acceptors (Lipinski definition) is 2. The third kappa shape index (κ3) is 2.33. The van der Waals surface area contributed by atoms with Crippen LogP contribution in [0.4, 0.5) is 5.69 Å². The lowest BCUT2D eigenvalue weighted by Crippen LogP contribution is -2.50. The maximum atomic E-state index is 6.34. The average Bonchev–Trinajstić information content (AvgIpc) is 2.30. The third-order valence-corrected chi connectivity index (χ3v) is 3.53. The van der Waals surface area contributed by atoms with E-state index in [2.05, 4.69) is 42.3 Å². The molecule has 1 aliphatic rings. The van der Waals surface area contributed by atoms with E-state index in [9.17, 15) is 0 Å². The molecular weight excluding hydrogens is 220 g/mol. The summed E-state index contributed by atoms with van der Waals surface area (Å²) >= 11 is 6.34. The lowest BCUT2D eigenvalue weighted by molar-refractivity contribution is 0.501. The van der Waals surface area contributed by atoms with Crippen molar-refractivity contribution in [3.63, 3.8) is 0 Å². The van der Waals surface area contributed by atoms with Gasteiger partial charge in [-0.3, -0.25) is 0 Å². The van der Waals surface area contributed by atoms with Crippen LogP contribution in [0.1, 0.15) is 19.4 Å². The van der Waals surface area contributed by atoms with Gasteiger partial charge in [-0.1, -0.05) is 24.6 Å². The number of nitrogens with zero attached hydrogens (tertiary/aromatic N) is 1. The zero-order chi connectivity index (χ0) is 11.5. The van der Waals surface area contributed by atoms with E-state index < -0.39 is 0 Å². The van der Waals surface area contributed by atoms with Crippen LogP contribution in [-0.2, 0) is 6.42 Å². The van der Waals surface area contributed by atoms with E-state index in [4.69, 9.17) is 11.6 Å². The van der Waals surface area contributed by atoms with E-state index in [1.54, 1.807) is 0 Å². The van der Waals surface area contributed by atoms with Crippen molar-refractivity contribution in [2.45, 2.75) is 26.3 Å². The summed E-state index contributed by atoms with van der Waals surface area (Å²) in [4.78, 5) is 2.39. The van der Waals surface area contributed by atoms with Crippen molar-refractivity contribution in [1.29, 1.82) is 0 Å². The first kappa shape index (κ1) is 11.7. The second-order valence-corrected chi connectivity index (χ2v) is 4.79. The van der Waals surface area contributed by atoms with Gasteiger partial charge in [-0.2, -0.15) is 0 Å². The van der Waals surface area contributed by atoms with Crippen LogP contribution < -0.4 is 10.2 Å². The molecule has 1 saturated heterocycles. The Kier molecular flexibility index (Phi) is 3.72. The predicted molar refractivity (Wildman–Crippen MR) is 70.5 cm³/mol. The molecule has 1 aromatic rings. The second kappa shape index (κ2) is 5.07. The Hall–Kier alpha value is -0.730. The minimum atomic E-state index is 0.513. The fraction of sp³-hybridized carbons (Fsp3) is 0.538. The minimum Gasteiger partial charge on any atom is -0.365 e. The monoisotopic (exact) mass is 238 g/mol. The van der Waals surface area contributed by atoms with E-state index in [0.717, 1.165) is 31.1 Å². The zero-order valence-corrected chi connectivity index (χ0v) is 10.7. The standard InChI is InChI=1S/C13H19ClN2/c1-3-11-4-5-13(12(14)8-11)16-7-6-15-9-10(16)2/h4-5,8,10,15H,3,6-7,9H2,1-2H3/t10-/m1/s1. The molecule has 2 nitrogen and oxygen atoms in total. The van der Waals surface area contributed by atoms with E-state index in [-0.39, 0.29) is 0 Å². The smallest absolute Gasteiger partial charge is 0.0642 e. The Morgan fingerprint density at radius 2 is 2.31 bits per heavy atom. The molecule has 0 bridgehead atoms. The van der Waals surface area contributed by atoms with Crippen LogP contribution in [0.2, 0.25) is 5.02 Å². The lowest BCUT2D eigenvalue weighted by Gasteiger charge is -2.36. The Labute approximate surface area is 103 Å². The highest BCUT2D eigenvalue weighted by Gasteiger charge is 2.19. The molecule has 0 radical (unpaired) electrons. The molecule has 0 aliphatic carbocycles. The summed E-state index contributed by atoms with van der Waals surface area (Å²) in [6.07, 6.45) is 1.04. The van der Waals surface area contributed by atoms with Gasteiger partial charge in [0.05, 0.1) is 10.7 Å². The van der Waals surface area contributed by atoms with E-state index in [1.165, 1.54) is 11.3 Å². The quantitative estimate of drug-likeness (QED) is 0.853. The number of anilines is 1.